The van der Waals surface area contributed by atoms with Gasteiger partial charge in [0.15, 0.2) is 10.6 Å². The van der Waals surface area contributed by atoms with Gasteiger partial charge in [-0.05, 0) is 48.6 Å². The van der Waals surface area contributed by atoms with Crippen molar-refractivity contribution in [1.82, 2.24) is 4.98 Å². The maximum absolute atomic E-state index is 13.9. The highest BCUT2D eigenvalue weighted by atomic mass is 32.1. The predicted octanol–water partition coefficient (Wildman–Crippen LogP) is 6.05. The van der Waals surface area contributed by atoms with Crippen LogP contribution in [0.1, 0.15) is 64.6 Å². The first-order valence-corrected chi connectivity index (χ1v) is 11.5. The van der Waals surface area contributed by atoms with Gasteiger partial charge >= 0.3 is 0 Å². The summed E-state index contributed by atoms with van der Waals surface area (Å²) in [6, 6.07) is 10.9. The Hall–Kier alpha value is -3.32. The minimum atomic E-state index is -0.713. The highest BCUT2D eigenvalue weighted by Crippen LogP contribution is 2.43. The van der Waals surface area contributed by atoms with Crippen LogP contribution in [0.25, 0.3) is 11.0 Å². The quantitative estimate of drug-likeness (QED) is 0.364. The summed E-state index contributed by atoms with van der Waals surface area (Å²) in [5.41, 5.74) is 2.68. The number of carbonyl (C=O) groups is 1. The number of fused-ring (bicyclic) bond motifs is 2. The third-order valence-electron chi connectivity index (χ3n) is 6.15. The minimum absolute atomic E-state index is 0.0190. The van der Waals surface area contributed by atoms with E-state index in [-0.39, 0.29) is 27.7 Å². The average molecular weight is 463 g/mol. The summed E-state index contributed by atoms with van der Waals surface area (Å²) >= 11 is 1.39. The molecule has 2 aromatic carbocycles. The second-order valence-electron chi connectivity index (χ2n) is 9.40. The predicted molar refractivity (Wildman–Crippen MR) is 128 cm³/mol. The van der Waals surface area contributed by atoms with Crippen LogP contribution < -0.4 is 10.3 Å². The molecule has 0 radical (unpaired) electrons. The average Bonchev–Trinajstić information content (AvgIpc) is 3.24. The number of thiazole rings is 1. The third kappa shape index (κ3) is 3.38. The summed E-state index contributed by atoms with van der Waals surface area (Å²) in [6.45, 7) is 10.2. The van der Waals surface area contributed by atoms with E-state index in [2.05, 4.69) is 25.8 Å². The van der Waals surface area contributed by atoms with Gasteiger partial charge in [-0.3, -0.25) is 14.5 Å². The van der Waals surface area contributed by atoms with Crippen molar-refractivity contribution in [1.29, 1.82) is 0 Å². The maximum atomic E-state index is 13.9. The molecular weight excluding hydrogens is 439 g/mol. The molecule has 1 aliphatic rings. The van der Waals surface area contributed by atoms with Gasteiger partial charge in [-0.25, -0.2) is 9.37 Å². The summed E-state index contributed by atoms with van der Waals surface area (Å²) in [5, 5.41) is 0.618. The second kappa shape index (κ2) is 7.35. The molecule has 1 amide bonds. The van der Waals surface area contributed by atoms with Crippen molar-refractivity contribution in [2.45, 2.75) is 46.1 Å². The molecule has 33 heavy (non-hydrogen) atoms. The molecule has 4 aromatic rings. The van der Waals surface area contributed by atoms with Gasteiger partial charge in [0.2, 0.25) is 5.76 Å². The molecule has 7 heteroatoms. The number of aromatic nitrogens is 1. The Morgan fingerprint density at radius 3 is 2.36 bits per heavy atom. The lowest BCUT2D eigenvalue weighted by molar-refractivity contribution is 0.0971. The fourth-order valence-corrected chi connectivity index (χ4v) is 5.12. The second-order valence-corrected chi connectivity index (χ2v) is 10.6. The summed E-state index contributed by atoms with van der Waals surface area (Å²) in [5.74, 6) is -0.977. The SMILES string of the molecule is Cc1nc(N2C(=O)c3oc4ccc(F)cc4c(=O)c3C2c2ccc(C(C)(C)C)cc2)sc1C. The van der Waals surface area contributed by atoms with E-state index < -0.39 is 23.2 Å². The molecule has 168 valence electrons. The molecular formula is C26H23FN2O3S. The Bertz CT molecular complexity index is 1460. The van der Waals surface area contributed by atoms with Crippen LogP contribution in [0.5, 0.6) is 0 Å². The Balaban J connectivity index is 1.78. The van der Waals surface area contributed by atoms with E-state index in [9.17, 15) is 14.0 Å². The van der Waals surface area contributed by atoms with E-state index in [1.54, 1.807) is 0 Å². The molecule has 2 aromatic heterocycles. The van der Waals surface area contributed by atoms with Gasteiger partial charge in [0.1, 0.15) is 11.4 Å². The number of benzene rings is 2. The van der Waals surface area contributed by atoms with Gasteiger partial charge < -0.3 is 4.42 Å². The zero-order chi connectivity index (χ0) is 23.7. The molecule has 0 spiro atoms. The number of carbonyl (C=O) groups excluding carboxylic acids is 1. The molecule has 0 saturated carbocycles. The molecule has 1 atom stereocenters. The van der Waals surface area contributed by atoms with Gasteiger partial charge in [0.25, 0.3) is 5.91 Å². The lowest BCUT2D eigenvalue weighted by atomic mass is 9.86. The van der Waals surface area contributed by atoms with Gasteiger partial charge in [0.05, 0.1) is 22.7 Å². The summed E-state index contributed by atoms with van der Waals surface area (Å²) < 4.78 is 19.8. The summed E-state index contributed by atoms with van der Waals surface area (Å²) in [6.07, 6.45) is 0. The van der Waals surface area contributed by atoms with E-state index in [1.807, 2.05) is 38.1 Å². The van der Waals surface area contributed by atoms with Crippen molar-refractivity contribution in [2.24, 2.45) is 0 Å². The lowest BCUT2D eigenvalue weighted by Crippen LogP contribution is -2.29. The van der Waals surface area contributed by atoms with Crippen LogP contribution in [0.2, 0.25) is 0 Å². The first-order valence-electron chi connectivity index (χ1n) is 10.7. The van der Waals surface area contributed by atoms with Crippen LogP contribution in [-0.2, 0) is 5.41 Å². The first-order chi connectivity index (χ1) is 15.6. The van der Waals surface area contributed by atoms with Crippen LogP contribution in [0.3, 0.4) is 0 Å². The van der Waals surface area contributed by atoms with Gasteiger partial charge in [-0.2, -0.15) is 0 Å². The lowest BCUT2D eigenvalue weighted by Gasteiger charge is -2.24. The van der Waals surface area contributed by atoms with Crippen LogP contribution in [-0.4, -0.2) is 10.9 Å². The third-order valence-corrected chi connectivity index (χ3v) is 7.22. The zero-order valence-electron chi connectivity index (χ0n) is 19.0. The van der Waals surface area contributed by atoms with E-state index >= 15 is 0 Å². The monoisotopic (exact) mass is 462 g/mol. The maximum Gasteiger partial charge on any atom is 0.297 e. The molecule has 5 rings (SSSR count). The highest BCUT2D eigenvalue weighted by Gasteiger charge is 2.45. The van der Waals surface area contributed by atoms with Crippen LogP contribution in [0.15, 0.2) is 51.7 Å². The number of halogens is 1. The van der Waals surface area contributed by atoms with E-state index in [0.717, 1.165) is 27.8 Å². The zero-order valence-corrected chi connectivity index (χ0v) is 19.8. The van der Waals surface area contributed by atoms with E-state index in [4.69, 9.17) is 4.42 Å². The molecule has 1 aliphatic heterocycles. The molecule has 5 nitrogen and oxygen atoms in total. The number of amides is 1. The van der Waals surface area contributed by atoms with Crippen molar-refractivity contribution in [2.75, 3.05) is 4.90 Å². The molecule has 1 unspecified atom stereocenters. The highest BCUT2D eigenvalue weighted by molar-refractivity contribution is 7.15. The van der Waals surface area contributed by atoms with E-state index in [0.29, 0.717) is 5.13 Å². The van der Waals surface area contributed by atoms with Crippen molar-refractivity contribution in [3.05, 3.63) is 91.5 Å². The smallest absolute Gasteiger partial charge is 0.297 e. The Morgan fingerprint density at radius 1 is 1.06 bits per heavy atom. The number of aryl methyl sites for hydroxylation is 2. The summed E-state index contributed by atoms with van der Waals surface area (Å²) in [7, 11) is 0. The van der Waals surface area contributed by atoms with E-state index in [1.165, 1.54) is 28.4 Å². The molecule has 0 bridgehead atoms. The Kier molecular flexibility index (Phi) is 4.79. The number of hydrogen-bond acceptors (Lipinski definition) is 5. The van der Waals surface area contributed by atoms with Gasteiger partial charge in [0, 0.05) is 4.88 Å². The van der Waals surface area contributed by atoms with Crippen LogP contribution in [0, 0.1) is 19.7 Å². The molecule has 0 aliphatic carbocycles. The molecule has 0 N–H and O–H groups in total. The Labute approximate surface area is 194 Å². The van der Waals surface area contributed by atoms with Crippen molar-refractivity contribution < 1.29 is 13.6 Å². The number of anilines is 1. The molecule has 0 fully saturated rings. The van der Waals surface area contributed by atoms with Crippen LogP contribution >= 0.6 is 11.3 Å². The normalized spacial score (nSPS) is 16.0. The van der Waals surface area contributed by atoms with Crippen molar-refractivity contribution in [3.8, 4) is 0 Å². The Morgan fingerprint density at radius 2 is 1.76 bits per heavy atom. The summed E-state index contributed by atoms with van der Waals surface area (Å²) in [4.78, 5) is 34.2. The standard InChI is InChI=1S/C26H23FN2O3S/c1-13-14(2)33-25(28-13)29-21(15-6-8-16(9-7-15)26(3,4)5)20-22(30)18-12-17(27)10-11-19(18)32-23(20)24(29)31/h6-12,21H,1-5H3. The molecule has 3 heterocycles. The van der Waals surface area contributed by atoms with Crippen molar-refractivity contribution >= 4 is 33.3 Å². The molecule has 0 saturated heterocycles. The van der Waals surface area contributed by atoms with Gasteiger partial charge in [-0.15, -0.1) is 11.3 Å². The van der Waals surface area contributed by atoms with Crippen LogP contribution in [0.4, 0.5) is 9.52 Å². The topological polar surface area (TPSA) is 63.4 Å². The fraction of sp³-hybridized carbons (Fsp3) is 0.269. The largest absolute Gasteiger partial charge is 0.450 e. The number of nitrogens with zero attached hydrogens (tertiary/aromatic N) is 2. The first kappa shape index (κ1) is 21.5. The number of rotatable bonds is 2. The van der Waals surface area contributed by atoms with Crippen molar-refractivity contribution in [3.63, 3.8) is 0 Å². The fourth-order valence-electron chi connectivity index (χ4n) is 4.18. The number of hydrogen-bond donors (Lipinski definition) is 0. The minimum Gasteiger partial charge on any atom is -0.450 e. The van der Waals surface area contributed by atoms with Gasteiger partial charge in [-0.1, -0.05) is 45.0 Å².